The first-order chi connectivity index (χ1) is 11.5. The highest BCUT2D eigenvalue weighted by Crippen LogP contribution is 2.19. The summed E-state index contributed by atoms with van der Waals surface area (Å²) in [5.41, 5.74) is 7.10. The Labute approximate surface area is 142 Å². The van der Waals surface area contributed by atoms with Crippen molar-refractivity contribution < 1.29 is 9.90 Å². The van der Waals surface area contributed by atoms with Crippen LogP contribution in [0.2, 0.25) is 0 Å². The van der Waals surface area contributed by atoms with E-state index in [4.69, 9.17) is 5.73 Å². The Kier molecular flexibility index (Phi) is 5.16. The lowest BCUT2D eigenvalue weighted by atomic mass is 9.99. The number of nitrogens with zero attached hydrogens (tertiary/aromatic N) is 3. The lowest BCUT2D eigenvalue weighted by molar-refractivity contribution is -0.117. The summed E-state index contributed by atoms with van der Waals surface area (Å²) in [6.45, 7) is 5.43. The predicted molar refractivity (Wildman–Crippen MR) is 93.5 cm³/mol. The number of aromatic nitrogens is 2. The number of nitrogens with two attached hydrogens (primary N) is 1. The number of aliphatic hydroxyl groups excluding tert-OH is 1. The van der Waals surface area contributed by atoms with Gasteiger partial charge in [-0.2, -0.15) is 0 Å². The topological polar surface area (TPSA) is 84.4 Å². The van der Waals surface area contributed by atoms with Crippen molar-refractivity contribution in [2.45, 2.75) is 38.8 Å². The molecular formula is C18H26N4O2. The van der Waals surface area contributed by atoms with Crippen LogP contribution in [0.3, 0.4) is 0 Å². The number of para-hydroxylation sites is 2. The second-order valence-corrected chi connectivity index (χ2v) is 6.91. The average molecular weight is 330 g/mol. The number of piperidine rings is 1. The summed E-state index contributed by atoms with van der Waals surface area (Å²) in [7, 11) is 0. The van der Waals surface area contributed by atoms with E-state index < -0.39 is 12.0 Å². The van der Waals surface area contributed by atoms with Crippen LogP contribution in [-0.2, 0) is 17.8 Å². The molecule has 1 aliphatic rings. The number of benzene rings is 1. The Morgan fingerprint density at radius 3 is 2.75 bits per heavy atom. The summed E-state index contributed by atoms with van der Waals surface area (Å²) < 4.78 is 1.93. The first-order valence-corrected chi connectivity index (χ1v) is 8.66. The first-order valence-electron chi connectivity index (χ1n) is 8.66. The van der Waals surface area contributed by atoms with Gasteiger partial charge >= 0.3 is 0 Å². The molecule has 1 saturated heterocycles. The molecule has 1 amide bonds. The van der Waals surface area contributed by atoms with E-state index in [1.165, 1.54) is 12.8 Å². The number of imidazole rings is 1. The third kappa shape index (κ3) is 3.94. The number of aliphatic hydroxyl groups is 1. The van der Waals surface area contributed by atoms with Gasteiger partial charge in [0.15, 0.2) is 0 Å². The van der Waals surface area contributed by atoms with Crippen molar-refractivity contribution in [2.75, 3.05) is 19.6 Å². The van der Waals surface area contributed by atoms with Gasteiger partial charge in [-0.25, -0.2) is 4.98 Å². The Morgan fingerprint density at radius 1 is 1.33 bits per heavy atom. The van der Waals surface area contributed by atoms with Crippen LogP contribution in [0.4, 0.5) is 0 Å². The van der Waals surface area contributed by atoms with Crippen molar-refractivity contribution >= 4 is 16.9 Å². The van der Waals surface area contributed by atoms with E-state index in [0.29, 0.717) is 18.9 Å². The molecule has 1 atom stereocenters. The number of amides is 1. The molecule has 3 N–H and O–H groups in total. The van der Waals surface area contributed by atoms with Crippen molar-refractivity contribution in [3.63, 3.8) is 0 Å². The monoisotopic (exact) mass is 330 g/mol. The zero-order chi connectivity index (χ0) is 17.1. The van der Waals surface area contributed by atoms with E-state index >= 15 is 0 Å². The van der Waals surface area contributed by atoms with E-state index in [1.54, 1.807) is 0 Å². The van der Waals surface area contributed by atoms with Gasteiger partial charge in [0.2, 0.25) is 5.91 Å². The fraction of sp³-hybridized carbons (Fsp3) is 0.556. The Bertz CT molecular complexity index is 704. The van der Waals surface area contributed by atoms with E-state index in [2.05, 4.69) is 16.8 Å². The van der Waals surface area contributed by atoms with Crippen LogP contribution in [0, 0.1) is 5.92 Å². The van der Waals surface area contributed by atoms with Crippen molar-refractivity contribution in [3.8, 4) is 0 Å². The summed E-state index contributed by atoms with van der Waals surface area (Å²) in [4.78, 5) is 18.1. The molecule has 6 heteroatoms. The molecule has 0 spiro atoms. The van der Waals surface area contributed by atoms with Gasteiger partial charge in [0.25, 0.3) is 0 Å². The van der Waals surface area contributed by atoms with Gasteiger partial charge in [0, 0.05) is 6.54 Å². The standard InChI is InChI=1S/C18H26N4O2/c1-13-6-8-21(9-7-13)11-14(23)12-22-16-5-3-2-4-15(16)20-18(22)10-17(19)24/h2-5,13-14,23H,6-12H2,1H3,(H2,19,24). The van der Waals surface area contributed by atoms with E-state index in [0.717, 1.165) is 30.0 Å². The maximum atomic E-state index is 11.3. The summed E-state index contributed by atoms with van der Waals surface area (Å²) in [6.07, 6.45) is 1.96. The number of carbonyl (C=O) groups excluding carboxylic acids is 1. The van der Waals surface area contributed by atoms with Gasteiger partial charge in [0.05, 0.1) is 30.1 Å². The molecule has 6 nitrogen and oxygen atoms in total. The van der Waals surface area contributed by atoms with Gasteiger partial charge in [-0.05, 0) is 44.0 Å². The molecule has 2 aromatic rings. The molecule has 1 fully saturated rings. The number of primary amides is 1. The van der Waals surface area contributed by atoms with Crippen molar-refractivity contribution in [3.05, 3.63) is 30.1 Å². The Morgan fingerprint density at radius 2 is 2.04 bits per heavy atom. The van der Waals surface area contributed by atoms with Gasteiger partial charge in [-0.3, -0.25) is 4.79 Å². The van der Waals surface area contributed by atoms with Crippen LogP contribution < -0.4 is 5.73 Å². The lowest BCUT2D eigenvalue weighted by Crippen LogP contribution is -2.39. The summed E-state index contributed by atoms with van der Waals surface area (Å²) in [5.74, 6) is 0.985. The molecule has 0 bridgehead atoms. The van der Waals surface area contributed by atoms with Gasteiger partial charge in [-0.1, -0.05) is 19.1 Å². The molecule has 130 valence electrons. The maximum absolute atomic E-state index is 11.3. The lowest BCUT2D eigenvalue weighted by Gasteiger charge is -2.31. The number of hydrogen-bond donors (Lipinski definition) is 2. The summed E-state index contributed by atoms with van der Waals surface area (Å²) in [5, 5.41) is 10.6. The van der Waals surface area contributed by atoms with Crippen LogP contribution in [0.1, 0.15) is 25.6 Å². The van der Waals surface area contributed by atoms with Gasteiger partial charge in [-0.15, -0.1) is 0 Å². The molecule has 0 radical (unpaired) electrons. The third-order valence-electron chi connectivity index (χ3n) is 4.80. The minimum absolute atomic E-state index is 0.0859. The average Bonchev–Trinajstić information content (AvgIpc) is 2.86. The van der Waals surface area contributed by atoms with Crippen LogP contribution in [-0.4, -0.2) is 51.2 Å². The predicted octanol–water partition coefficient (Wildman–Crippen LogP) is 1.16. The number of β-amino-alcohol motifs (C(OH)–C–C–N with tert-alkyl or cyclic N) is 1. The molecule has 1 aromatic heterocycles. The second kappa shape index (κ2) is 7.32. The van der Waals surface area contributed by atoms with Crippen molar-refractivity contribution in [1.82, 2.24) is 14.5 Å². The molecule has 0 saturated carbocycles. The largest absolute Gasteiger partial charge is 0.390 e. The van der Waals surface area contributed by atoms with Crippen molar-refractivity contribution in [1.29, 1.82) is 0 Å². The Hall–Kier alpha value is -1.92. The SMILES string of the molecule is CC1CCN(CC(O)Cn2c(CC(N)=O)nc3ccccc32)CC1. The molecule has 3 rings (SSSR count). The molecule has 1 unspecified atom stereocenters. The number of rotatable bonds is 6. The van der Waals surface area contributed by atoms with Crippen LogP contribution in [0.15, 0.2) is 24.3 Å². The molecule has 24 heavy (non-hydrogen) atoms. The molecule has 2 heterocycles. The van der Waals surface area contributed by atoms with Gasteiger partial charge < -0.3 is 20.3 Å². The number of carbonyl (C=O) groups is 1. The minimum Gasteiger partial charge on any atom is -0.390 e. The zero-order valence-electron chi connectivity index (χ0n) is 14.2. The number of hydrogen-bond acceptors (Lipinski definition) is 4. The first kappa shape index (κ1) is 16.9. The Balaban J connectivity index is 1.74. The summed E-state index contributed by atoms with van der Waals surface area (Å²) in [6, 6.07) is 7.73. The fourth-order valence-corrected chi connectivity index (χ4v) is 3.43. The molecule has 0 aliphatic carbocycles. The van der Waals surface area contributed by atoms with E-state index in [1.807, 2.05) is 28.8 Å². The quantitative estimate of drug-likeness (QED) is 0.832. The van der Waals surface area contributed by atoms with Crippen LogP contribution in [0.5, 0.6) is 0 Å². The minimum atomic E-state index is -0.498. The van der Waals surface area contributed by atoms with Crippen LogP contribution in [0.25, 0.3) is 11.0 Å². The normalized spacial score (nSPS) is 18.1. The molecule has 1 aromatic carbocycles. The van der Waals surface area contributed by atoms with E-state index in [9.17, 15) is 9.90 Å². The summed E-state index contributed by atoms with van der Waals surface area (Å²) >= 11 is 0. The highest BCUT2D eigenvalue weighted by molar-refractivity contribution is 5.80. The highest BCUT2D eigenvalue weighted by Gasteiger charge is 2.20. The number of fused-ring (bicyclic) bond motifs is 1. The highest BCUT2D eigenvalue weighted by atomic mass is 16.3. The van der Waals surface area contributed by atoms with Gasteiger partial charge in [0.1, 0.15) is 5.82 Å². The van der Waals surface area contributed by atoms with E-state index in [-0.39, 0.29) is 6.42 Å². The molecular weight excluding hydrogens is 304 g/mol. The van der Waals surface area contributed by atoms with Crippen LogP contribution >= 0.6 is 0 Å². The third-order valence-corrected chi connectivity index (χ3v) is 4.80. The smallest absolute Gasteiger partial charge is 0.225 e. The zero-order valence-corrected chi connectivity index (χ0v) is 14.2. The second-order valence-electron chi connectivity index (χ2n) is 6.91. The fourth-order valence-electron chi connectivity index (χ4n) is 3.43. The number of likely N-dealkylation sites (tertiary alicyclic amines) is 1. The molecule has 1 aliphatic heterocycles. The maximum Gasteiger partial charge on any atom is 0.225 e. The van der Waals surface area contributed by atoms with Crippen molar-refractivity contribution in [2.24, 2.45) is 11.7 Å².